The minimum Gasteiger partial charge on any atom is -0.426 e. The van der Waals surface area contributed by atoms with Crippen molar-refractivity contribution in [3.05, 3.63) is 0 Å². The van der Waals surface area contributed by atoms with Gasteiger partial charge in [0.25, 0.3) is 11.8 Å². The van der Waals surface area contributed by atoms with Gasteiger partial charge in [-0.1, -0.05) is 5.06 Å². The maximum Gasteiger partial charge on any atom is 0.534 e. The van der Waals surface area contributed by atoms with Gasteiger partial charge in [-0.25, -0.2) is 4.79 Å². The highest BCUT2D eigenvalue weighted by Gasteiger charge is 2.48. The molecule has 2 saturated heterocycles. The summed E-state index contributed by atoms with van der Waals surface area (Å²) in [5, 5.41) is 20.6. The summed E-state index contributed by atoms with van der Waals surface area (Å²) in [7, 11) is 0. The Morgan fingerprint density at radius 1 is 1.07 bits per heavy atom. The Bertz CT molecular complexity index is 594. The van der Waals surface area contributed by atoms with E-state index in [1.54, 1.807) is 0 Å². The van der Waals surface area contributed by atoms with Gasteiger partial charge in [0.1, 0.15) is 18.3 Å². The minimum atomic E-state index is -1.29. The molecule has 0 bridgehead atoms. The maximum absolute atomic E-state index is 12.3. The second-order valence-corrected chi connectivity index (χ2v) is 7.82. The highest BCUT2D eigenvalue weighted by Crippen LogP contribution is 2.30. The molecular weight excluding hydrogens is 402 g/mol. The molecule has 0 aromatic carbocycles. The molecule has 5 atom stereocenters. The smallest absolute Gasteiger partial charge is 0.426 e. The molecule has 0 aliphatic carbocycles. The topological polar surface area (TPSA) is 141 Å². The third kappa shape index (κ3) is 6.35. The molecule has 5 unspecified atom stereocenters. The summed E-state index contributed by atoms with van der Waals surface area (Å²) >= 11 is 0. The van der Waals surface area contributed by atoms with Gasteiger partial charge in [0.05, 0.1) is 44.1 Å². The fraction of sp³-hybridized carbons (Fsp3) is 0.842. The van der Waals surface area contributed by atoms with Crippen LogP contribution in [-0.4, -0.2) is 89.7 Å². The third-order valence-electron chi connectivity index (χ3n) is 4.76. The number of amides is 2. The second-order valence-electron chi connectivity index (χ2n) is 7.82. The quantitative estimate of drug-likeness (QED) is 0.381. The number of carbonyl (C=O) groups excluding carboxylic acids is 3. The van der Waals surface area contributed by atoms with Crippen molar-refractivity contribution in [2.75, 3.05) is 19.8 Å². The molecule has 0 radical (unpaired) electrons. The van der Waals surface area contributed by atoms with Crippen LogP contribution >= 0.6 is 0 Å². The standard InChI is InChI=1S/C19H31NO10/c1-10(2)26-8-12-17(24)13(7-21)28-14(9-27-11(3)4)18(12)29-19(25)30-20-15(22)5-6-16(20)23/h10-14,17-18,21,24H,5-9H2,1-4H3. The van der Waals surface area contributed by atoms with E-state index in [0.29, 0.717) is 5.06 Å². The summed E-state index contributed by atoms with van der Waals surface area (Å²) in [6.07, 6.45) is -5.73. The van der Waals surface area contributed by atoms with Crippen LogP contribution in [0.5, 0.6) is 0 Å². The van der Waals surface area contributed by atoms with E-state index in [1.807, 2.05) is 27.7 Å². The van der Waals surface area contributed by atoms with Crippen LogP contribution in [0.1, 0.15) is 40.5 Å². The first-order chi connectivity index (χ1) is 14.1. The molecule has 2 N–H and O–H groups in total. The summed E-state index contributed by atoms with van der Waals surface area (Å²) in [5.41, 5.74) is 0. The molecule has 0 aromatic rings. The molecule has 2 heterocycles. The van der Waals surface area contributed by atoms with Crippen molar-refractivity contribution in [2.45, 2.75) is 77.2 Å². The van der Waals surface area contributed by atoms with E-state index in [0.717, 1.165) is 0 Å². The summed E-state index contributed by atoms with van der Waals surface area (Å²) in [4.78, 5) is 40.4. The Hall–Kier alpha value is -1.79. The average molecular weight is 433 g/mol. The fourth-order valence-corrected chi connectivity index (χ4v) is 3.23. The maximum atomic E-state index is 12.3. The number of carbonyl (C=O) groups is 3. The van der Waals surface area contributed by atoms with Gasteiger partial charge in [-0.3, -0.25) is 14.4 Å². The van der Waals surface area contributed by atoms with Crippen molar-refractivity contribution >= 4 is 18.0 Å². The number of aliphatic hydroxyl groups is 2. The molecule has 11 heteroatoms. The van der Waals surface area contributed by atoms with Crippen LogP contribution in [0.15, 0.2) is 0 Å². The number of rotatable bonds is 9. The Morgan fingerprint density at radius 3 is 2.17 bits per heavy atom. The van der Waals surface area contributed by atoms with Crippen LogP contribution in [0.2, 0.25) is 0 Å². The summed E-state index contributed by atoms with van der Waals surface area (Å²) in [6, 6.07) is 0. The average Bonchev–Trinajstić information content (AvgIpc) is 2.98. The zero-order valence-corrected chi connectivity index (χ0v) is 17.7. The Labute approximate surface area is 175 Å². The van der Waals surface area contributed by atoms with Gasteiger partial charge in [-0.2, -0.15) is 0 Å². The Kier molecular flexibility index (Phi) is 8.98. The lowest BCUT2D eigenvalue weighted by molar-refractivity contribution is -0.240. The van der Waals surface area contributed by atoms with E-state index in [4.69, 9.17) is 23.8 Å². The van der Waals surface area contributed by atoms with Crippen LogP contribution in [0.25, 0.3) is 0 Å². The number of ether oxygens (including phenoxy) is 4. The lowest BCUT2D eigenvalue weighted by atomic mass is 9.86. The Morgan fingerprint density at radius 2 is 1.63 bits per heavy atom. The highest BCUT2D eigenvalue weighted by atomic mass is 16.8. The van der Waals surface area contributed by atoms with Crippen LogP contribution < -0.4 is 0 Å². The Balaban J connectivity index is 2.17. The second kappa shape index (κ2) is 11.0. The highest BCUT2D eigenvalue weighted by molar-refractivity contribution is 6.01. The number of nitrogens with zero attached hydrogens (tertiary/aromatic N) is 1. The molecule has 2 aliphatic rings. The predicted molar refractivity (Wildman–Crippen MR) is 99.9 cm³/mol. The monoisotopic (exact) mass is 433 g/mol. The van der Waals surface area contributed by atoms with Crippen LogP contribution in [0, 0.1) is 5.92 Å². The summed E-state index contributed by atoms with van der Waals surface area (Å²) in [6.45, 7) is 6.82. The largest absolute Gasteiger partial charge is 0.534 e. The fourth-order valence-electron chi connectivity index (χ4n) is 3.23. The van der Waals surface area contributed by atoms with Crippen LogP contribution in [0.4, 0.5) is 4.79 Å². The van der Waals surface area contributed by atoms with E-state index >= 15 is 0 Å². The van der Waals surface area contributed by atoms with Gasteiger partial charge < -0.3 is 29.2 Å². The predicted octanol–water partition coefficient (Wildman–Crippen LogP) is 0.159. The van der Waals surface area contributed by atoms with Gasteiger partial charge in [-0.15, -0.1) is 0 Å². The number of hydrogen-bond acceptors (Lipinski definition) is 10. The molecule has 2 fully saturated rings. The molecule has 2 amide bonds. The van der Waals surface area contributed by atoms with E-state index < -0.39 is 54.9 Å². The number of hydrogen-bond donors (Lipinski definition) is 2. The van der Waals surface area contributed by atoms with Gasteiger partial charge in [0.15, 0.2) is 0 Å². The van der Waals surface area contributed by atoms with Crippen molar-refractivity contribution in [2.24, 2.45) is 5.92 Å². The van der Waals surface area contributed by atoms with Gasteiger partial charge in [0.2, 0.25) is 0 Å². The van der Waals surface area contributed by atoms with Crippen molar-refractivity contribution in [3.8, 4) is 0 Å². The van der Waals surface area contributed by atoms with E-state index in [2.05, 4.69) is 0 Å². The van der Waals surface area contributed by atoms with Gasteiger partial charge in [0, 0.05) is 12.8 Å². The van der Waals surface area contributed by atoms with Crippen molar-refractivity contribution in [1.29, 1.82) is 0 Å². The molecule has 30 heavy (non-hydrogen) atoms. The number of aliphatic hydroxyl groups excluding tert-OH is 2. The molecule has 0 aromatic heterocycles. The van der Waals surface area contributed by atoms with E-state index in [-0.39, 0.29) is 38.3 Å². The zero-order valence-electron chi connectivity index (χ0n) is 17.7. The third-order valence-corrected chi connectivity index (χ3v) is 4.76. The molecular formula is C19H31NO10. The minimum absolute atomic E-state index is 0.0103. The lowest BCUT2D eigenvalue weighted by Crippen LogP contribution is -2.59. The lowest BCUT2D eigenvalue weighted by Gasteiger charge is -2.43. The van der Waals surface area contributed by atoms with Crippen molar-refractivity contribution in [1.82, 2.24) is 5.06 Å². The molecule has 11 nitrogen and oxygen atoms in total. The van der Waals surface area contributed by atoms with Gasteiger partial charge >= 0.3 is 6.16 Å². The number of imide groups is 1. The van der Waals surface area contributed by atoms with E-state index in [1.165, 1.54) is 0 Å². The molecule has 2 aliphatic heterocycles. The number of hydroxylamine groups is 2. The first-order valence-corrected chi connectivity index (χ1v) is 10.1. The van der Waals surface area contributed by atoms with Crippen LogP contribution in [0.3, 0.4) is 0 Å². The summed E-state index contributed by atoms with van der Waals surface area (Å²) < 4.78 is 22.3. The molecule has 0 saturated carbocycles. The van der Waals surface area contributed by atoms with Crippen molar-refractivity contribution < 1.29 is 48.4 Å². The molecule has 0 spiro atoms. The van der Waals surface area contributed by atoms with Crippen LogP contribution in [-0.2, 0) is 33.4 Å². The first-order valence-electron chi connectivity index (χ1n) is 10.1. The van der Waals surface area contributed by atoms with E-state index in [9.17, 15) is 24.6 Å². The normalized spacial score (nSPS) is 29.7. The summed E-state index contributed by atoms with van der Waals surface area (Å²) in [5.74, 6) is -2.05. The molecule has 172 valence electrons. The first kappa shape index (κ1) is 24.5. The zero-order chi connectivity index (χ0) is 22.4. The molecule has 2 rings (SSSR count). The van der Waals surface area contributed by atoms with Crippen molar-refractivity contribution in [3.63, 3.8) is 0 Å². The SMILES string of the molecule is CC(C)OCC1OC(CO)C(O)C(COC(C)C)C1OC(=O)ON1C(=O)CCC1=O. The van der Waals surface area contributed by atoms with Gasteiger partial charge in [-0.05, 0) is 27.7 Å².